The van der Waals surface area contributed by atoms with Gasteiger partial charge in [-0.3, -0.25) is 0 Å². The maximum atomic E-state index is 16.4. The van der Waals surface area contributed by atoms with Crippen LogP contribution in [0.1, 0.15) is 44.7 Å². The zero-order valence-corrected chi connectivity index (χ0v) is 25.3. The largest absolute Gasteiger partial charge is 0.474 e. The second-order valence-electron chi connectivity index (χ2n) is 10.5. The van der Waals surface area contributed by atoms with Crippen molar-refractivity contribution in [3.05, 3.63) is 28.8 Å². The normalized spacial score (nSPS) is 19.8. The number of ether oxygens (including phenoxy) is 3. The van der Waals surface area contributed by atoms with Gasteiger partial charge in [-0.2, -0.15) is 23.1 Å². The molecule has 3 aromatic rings. The number of aliphatic hydroxyl groups is 1. The molecule has 2 aromatic heterocycles. The summed E-state index contributed by atoms with van der Waals surface area (Å²) in [4.78, 5) is 12.8. The summed E-state index contributed by atoms with van der Waals surface area (Å²) in [7, 11) is 0. The Morgan fingerprint density at radius 1 is 1.20 bits per heavy atom. The highest BCUT2D eigenvalue weighted by molar-refractivity contribution is 5.96. The van der Waals surface area contributed by atoms with Crippen LogP contribution in [-0.2, 0) is 10.9 Å². The maximum absolute atomic E-state index is 16.4. The number of alkyl halides is 3. The third kappa shape index (κ3) is 7.07. The topological polar surface area (TPSA) is 137 Å². The number of aromatic nitrogens is 3. The number of benzene rings is 1. The fourth-order valence-corrected chi connectivity index (χ4v) is 4.92. The van der Waals surface area contributed by atoms with Crippen molar-refractivity contribution in [2.24, 2.45) is 5.41 Å². The number of pyridine rings is 1. The molecule has 15 heteroatoms. The minimum absolute atomic E-state index is 0.00147. The molecule has 45 heavy (non-hydrogen) atoms. The van der Waals surface area contributed by atoms with E-state index in [-0.39, 0.29) is 49.5 Å². The first kappa shape index (κ1) is 33.7. The van der Waals surface area contributed by atoms with Crippen LogP contribution >= 0.6 is 0 Å². The molecule has 5 N–H and O–H groups in total. The van der Waals surface area contributed by atoms with Crippen LogP contribution in [0.15, 0.2) is 6.07 Å². The Bertz CT molecular complexity index is 1600. The smallest absolute Gasteiger partial charge is 0.417 e. The first-order valence-electron chi connectivity index (χ1n) is 14.4. The lowest BCUT2D eigenvalue weighted by Crippen LogP contribution is -2.33. The van der Waals surface area contributed by atoms with Crippen LogP contribution < -0.4 is 25.8 Å². The number of hydrogen-bond acceptors (Lipinski definition) is 10. The number of anilines is 2. The predicted molar refractivity (Wildman–Crippen MR) is 158 cm³/mol. The van der Waals surface area contributed by atoms with Gasteiger partial charge in [0.2, 0.25) is 5.88 Å². The van der Waals surface area contributed by atoms with Crippen molar-refractivity contribution < 1.29 is 41.3 Å². The molecule has 244 valence electrons. The molecule has 1 fully saturated rings. The second kappa shape index (κ2) is 13.9. The molecule has 0 spiro atoms. The average Bonchev–Trinajstić information content (AvgIpc) is 3.48. The van der Waals surface area contributed by atoms with Gasteiger partial charge in [0, 0.05) is 31.2 Å². The molecule has 0 radical (unpaired) electrons. The Balaban J connectivity index is 0.00000226. The molecule has 0 bridgehead atoms. The van der Waals surface area contributed by atoms with Gasteiger partial charge in [0.15, 0.2) is 5.82 Å². The SMILES string of the molecule is CC.Cc1c(F)c(N)cc(-c2nc3c4c(nc(OCC5(CO)CCOC5)nc4c2F)NCC#CNCCC(C)O3)c1C(F)(F)F. The van der Waals surface area contributed by atoms with E-state index < -0.39 is 62.9 Å². The van der Waals surface area contributed by atoms with Gasteiger partial charge in [-0.1, -0.05) is 19.8 Å². The third-order valence-electron chi connectivity index (χ3n) is 7.33. The van der Waals surface area contributed by atoms with E-state index in [0.717, 1.165) is 6.92 Å². The van der Waals surface area contributed by atoms with E-state index in [0.29, 0.717) is 32.1 Å². The first-order chi connectivity index (χ1) is 21.4. The third-order valence-corrected chi connectivity index (χ3v) is 7.33. The standard InChI is InChI=1S/C28H29F5N6O4.C2H6/c1-14-4-8-35-6-3-7-36-24-18-23(38-26(39-24)42-13-27(11-40)5-9-41-12-27)21(30)22(37-25(18)43-14)16-10-17(34)20(29)15(2)19(16)28(31,32)33;1-2/h10,14,35,40H,4-5,7-9,11-13,34H2,1-2H3,(H,36,38,39);1-2H3. The lowest BCUT2D eigenvalue weighted by molar-refractivity contribution is -0.137. The molecule has 2 aliphatic rings. The summed E-state index contributed by atoms with van der Waals surface area (Å²) in [6.07, 6.45) is -4.73. The number of aliphatic hydroxyl groups excluding tert-OH is 1. The summed E-state index contributed by atoms with van der Waals surface area (Å²) in [5.74, 6) is 0.0514. The molecular weight excluding hydrogens is 603 g/mol. The van der Waals surface area contributed by atoms with Gasteiger partial charge in [0.05, 0.1) is 42.5 Å². The molecule has 2 unspecified atom stereocenters. The molecule has 4 heterocycles. The summed E-state index contributed by atoms with van der Waals surface area (Å²) in [5, 5.41) is 15.7. The zero-order valence-electron chi connectivity index (χ0n) is 25.3. The van der Waals surface area contributed by atoms with Crippen molar-refractivity contribution in [1.82, 2.24) is 20.3 Å². The number of rotatable bonds is 5. The summed E-state index contributed by atoms with van der Waals surface area (Å²) >= 11 is 0. The molecule has 2 aliphatic heterocycles. The van der Waals surface area contributed by atoms with Crippen molar-refractivity contribution >= 4 is 22.4 Å². The minimum Gasteiger partial charge on any atom is -0.474 e. The van der Waals surface area contributed by atoms with Gasteiger partial charge in [-0.25, -0.2) is 13.8 Å². The van der Waals surface area contributed by atoms with Crippen molar-refractivity contribution in [1.29, 1.82) is 0 Å². The fraction of sp³-hybridized carbons (Fsp3) is 0.500. The molecule has 0 aliphatic carbocycles. The number of nitrogens with zero attached hydrogens (tertiary/aromatic N) is 3. The monoisotopic (exact) mass is 638 g/mol. The van der Waals surface area contributed by atoms with Crippen LogP contribution in [-0.4, -0.2) is 65.7 Å². The lowest BCUT2D eigenvalue weighted by atomic mass is 9.90. The number of hydrogen-bond donors (Lipinski definition) is 4. The van der Waals surface area contributed by atoms with E-state index in [4.69, 9.17) is 19.9 Å². The molecule has 10 nitrogen and oxygen atoms in total. The van der Waals surface area contributed by atoms with Crippen molar-refractivity contribution in [3.63, 3.8) is 0 Å². The van der Waals surface area contributed by atoms with Gasteiger partial charge >= 0.3 is 12.2 Å². The second-order valence-corrected chi connectivity index (χ2v) is 10.5. The highest BCUT2D eigenvalue weighted by Gasteiger charge is 2.40. The van der Waals surface area contributed by atoms with E-state index in [2.05, 4.69) is 37.6 Å². The van der Waals surface area contributed by atoms with Crippen LogP contribution in [0, 0.1) is 35.9 Å². The van der Waals surface area contributed by atoms with E-state index in [1.165, 1.54) is 0 Å². The average molecular weight is 639 g/mol. The Labute approximate surface area is 256 Å². The number of halogens is 5. The maximum Gasteiger partial charge on any atom is 0.417 e. The molecule has 0 saturated carbocycles. The van der Waals surface area contributed by atoms with Crippen molar-refractivity contribution in [2.45, 2.75) is 52.8 Å². The minimum atomic E-state index is -5.08. The summed E-state index contributed by atoms with van der Waals surface area (Å²) < 4.78 is 91.0. The van der Waals surface area contributed by atoms with Gasteiger partial charge in [0.1, 0.15) is 34.8 Å². The van der Waals surface area contributed by atoms with Crippen molar-refractivity contribution in [2.75, 3.05) is 50.6 Å². The number of nitrogens with one attached hydrogen (secondary N) is 2. The van der Waals surface area contributed by atoms with E-state index in [9.17, 15) is 22.7 Å². The van der Waals surface area contributed by atoms with Crippen LogP contribution in [0.2, 0.25) is 0 Å². The predicted octanol–water partition coefficient (Wildman–Crippen LogP) is 4.82. The summed E-state index contributed by atoms with van der Waals surface area (Å²) in [6, 6.07) is 3.14. The Morgan fingerprint density at radius 3 is 2.62 bits per heavy atom. The number of nitrogens with two attached hydrogens (primary N) is 1. The highest BCUT2D eigenvalue weighted by atomic mass is 19.4. The van der Waals surface area contributed by atoms with E-state index in [1.54, 1.807) is 6.92 Å². The van der Waals surface area contributed by atoms with Crippen LogP contribution in [0.4, 0.5) is 33.5 Å². The van der Waals surface area contributed by atoms with Gasteiger partial charge in [0.25, 0.3) is 0 Å². The molecular formula is C30H35F5N6O4. The molecule has 5 rings (SSSR count). The number of nitrogen functional groups attached to an aromatic ring is 1. The van der Waals surface area contributed by atoms with Crippen molar-refractivity contribution in [3.8, 4) is 35.1 Å². The molecule has 0 amide bonds. The Morgan fingerprint density at radius 2 is 1.96 bits per heavy atom. The van der Waals surface area contributed by atoms with Gasteiger partial charge in [-0.05, 0) is 31.9 Å². The van der Waals surface area contributed by atoms with Crippen LogP contribution in [0.25, 0.3) is 22.2 Å². The Kier molecular flexibility index (Phi) is 10.4. The first-order valence-corrected chi connectivity index (χ1v) is 14.4. The quantitative estimate of drug-likeness (QED) is 0.175. The Hall–Kier alpha value is -4.16. The molecule has 2 atom stereocenters. The highest BCUT2D eigenvalue weighted by Crippen LogP contribution is 2.45. The summed E-state index contributed by atoms with van der Waals surface area (Å²) in [6.45, 7) is 7.36. The van der Waals surface area contributed by atoms with Gasteiger partial charge in [-0.15, -0.1) is 0 Å². The zero-order chi connectivity index (χ0) is 32.9. The van der Waals surface area contributed by atoms with E-state index in [1.807, 2.05) is 13.8 Å². The van der Waals surface area contributed by atoms with Gasteiger partial charge < -0.3 is 35.7 Å². The molecule has 1 aromatic carbocycles. The van der Waals surface area contributed by atoms with Crippen LogP contribution in [0.5, 0.6) is 11.9 Å². The van der Waals surface area contributed by atoms with E-state index >= 15 is 4.39 Å². The fourth-order valence-electron chi connectivity index (χ4n) is 4.92. The molecule has 1 saturated heterocycles. The lowest BCUT2D eigenvalue weighted by Gasteiger charge is -2.24. The summed E-state index contributed by atoms with van der Waals surface area (Å²) in [5.41, 5.74) is 0.0459. The van der Waals surface area contributed by atoms with Crippen LogP contribution in [0.3, 0.4) is 0 Å².